The number of carboxylic acids is 1. The zero-order valence-electron chi connectivity index (χ0n) is 11.8. The van der Waals surface area contributed by atoms with Gasteiger partial charge in [0, 0.05) is 13.1 Å². The van der Waals surface area contributed by atoms with Gasteiger partial charge in [-0.15, -0.1) is 0 Å². The quantitative estimate of drug-likeness (QED) is 0.776. The molecule has 1 aromatic rings. The molecule has 0 saturated carbocycles. The van der Waals surface area contributed by atoms with E-state index in [9.17, 15) is 4.79 Å². The van der Waals surface area contributed by atoms with E-state index in [1.165, 1.54) is 12.0 Å². The Morgan fingerprint density at radius 1 is 1.30 bits per heavy atom. The van der Waals surface area contributed by atoms with Gasteiger partial charge in [0.25, 0.3) is 0 Å². The molecule has 1 unspecified atom stereocenters. The summed E-state index contributed by atoms with van der Waals surface area (Å²) >= 11 is 0. The molecule has 20 heavy (non-hydrogen) atoms. The van der Waals surface area contributed by atoms with Crippen LogP contribution in [0.5, 0.6) is 0 Å². The topological polar surface area (TPSA) is 49.8 Å². The normalized spacial score (nSPS) is 19.9. The number of aliphatic carboxylic acids is 1. The van der Waals surface area contributed by atoms with Crippen molar-refractivity contribution in [3.63, 3.8) is 0 Å². The number of carboxylic acid groups (broad SMARTS) is 1. The SMILES string of the molecule is O=C(O)CC1CN(CCCCc2ccccc2)CCO1. The van der Waals surface area contributed by atoms with Crippen molar-refractivity contribution in [2.45, 2.75) is 31.8 Å². The highest BCUT2D eigenvalue weighted by atomic mass is 16.5. The predicted molar refractivity (Wildman–Crippen MR) is 77.8 cm³/mol. The van der Waals surface area contributed by atoms with E-state index < -0.39 is 5.97 Å². The van der Waals surface area contributed by atoms with Crippen LogP contribution in [0.4, 0.5) is 0 Å². The fraction of sp³-hybridized carbons (Fsp3) is 0.562. The van der Waals surface area contributed by atoms with Crippen LogP contribution < -0.4 is 0 Å². The van der Waals surface area contributed by atoms with Crippen molar-refractivity contribution in [3.8, 4) is 0 Å². The van der Waals surface area contributed by atoms with E-state index in [-0.39, 0.29) is 12.5 Å². The Balaban J connectivity index is 1.62. The lowest BCUT2D eigenvalue weighted by atomic mass is 10.1. The number of ether oxygens (including phenoxy) is 1. The van der Waals surface area contributed by atoms with Gasteiger partial charge in [-0.1, -0.05) is 30.3 Å². The van der Waals surface area contributed by atoms with Gasteiger partial charge in [-0.05, 0) is 31.4 Å². The Kier molecular flexibility index (Phi) is 6.02. The Bertz CT molecular complexity index is 407. The van der Waals surface area contributed by atoms with Crippen LogP contribution in [0.25, 0.3) is 0 Å². The molecule has 1 N–H and O–H groups in total. The lowest BCUT2D eigenvalue weighted by molar-refractivity contribution is -0.142. The molecule has 4 nitrogen and oxygen atoms in total. The maximum absolute atomic E-state index is 10.7. The number of benzene rings is 1. The minimum atomic E-state index is -0.777. The molecule has 4 heteroatoms. The smallest absolute Gasteiger partial charge is 0.306 e. The maximum atomic E-state index is 10.7. The molecule has 1 atom stereocenters. The van der Waals surface area contributed by atoms with Gasteiger partial charge in [0.05, 0.1) is 19.1 Å². The Morgan fingerprint density at radius 2 is 2.10 bits per heavy atom. The van der Waals surface area contributed by atoms with Crippen LogP contribution in [-0.4, -0.2) is 48.3 Å². The number of rotatable bonds is 7. The van der Waals surface area contributed by atoms with Crippen LogP contribution in [0.15, 0.2) is 30.3 Å². The molecule has 1 heterocycles. The molecule has 0 amide bonds. The lowest BCUT2D eigenvalue weighted by Gasteiger charge is -2.32. The highest BCUT2D eigenvalue weighted by molar-refractivity contribution is 5.67. The number of unbranched alkanes of at least 4 members (excludes halogenated alkanes) is 1. The standard InChI is InChI=1S/C16H23NO3/c18-16(19)12-15-13-17(10-11-20-15)9-5-4-8-14-6-2-1-3-7-14/h1-3,6-7,15H,4-5,8-13H2,(H,18,19). The molecule has 1 aliphatic heterocycles. The Hall–Kier alpha value is -1.39. The van der Waals surface area contributed by atoms with E-state index in [2.05, 4.69) is 29.2 Å². The van der Waals surface area contributed by atoms with E-state index >= 15 is 0 Å². The van der Waals surface area contributed by atoms with Gasteiger partial charge in [0.2, 0.25) is 0 Å². The van der Waals surface area contributed by atoms with Gasteiger partial charge in [0.1, 0.15) is 0 Å². The summed E-state index contributed by atoms with van der Waals surface area (Å²) in [5.41, 5.74) is 1.39. The molecule has 110 valence electrons. The summed E-state index contributed by atoms with van der Waals surface area (Å²) in [6.07, 6.45) is 3.40. The highest BCUT2D eigenvalue weighted by Gasteiger charge is 2.22. The van der Waals surface area contributed by atoms with Crippen molar-refractivity contribution in [1.82, 2.24) is 4.90 Å². The molecule has 0 aromatic heterocycles. The summed E-state index contributed by atoms with van der Waals surface area (Å²) in [6.45, 7) is 3.35. The van der Waals surface area contributed by atoms with Crippen LogP contribution in [-0.2, 0) is 16.0 Å². The van der Waals surface area contributed by atoms with Gasteiger partial charge in [-0.3, -0.25) is 9.69 Å². The van der Waals surface area contributed by atoms with E-state index in [4.69, 9.17) is 9.84 Å². The second kappa shape index (κ2) is 8.02. The molecular formula is C16H23NO3. The largest absolute Gasteiger partial charge is 0.481 e. The molecule has 0 bridgehead atoms. The van der Waals surface area contributed by atoms with Crippen molar-refractivity contribution in [2.24, 2.45) is 0 Å². The first-order chi connectivity index (χ1) is 9.74. The van der Waals surface area contributed by atoms with Crippen LogP contribution in [0, 0.1) is 0 Å². The second-order valence-corrected chi connectivity index (χ2v) is 5.33. The molecule has 0 aliphatic carbocycles. The lowest BCUT2D eigenvalue weighted by Crippen LogP contribution is -2.43. The van der Waals surface area contributed by atoms with Gasteiger partial charge < -0.3 is 9.84 Å². The van der Waals surface area contributed by atoms with Crippen molar-refractivity contribution in [2.75, 3.05) is 26.2 Å². The van der Waals surface area contributed by atoms with Crippen LogP contribution in [0.2, 0.25) is 0 Å². The van der Waals surface area contributed by atoms with E-state index in [1.54, 1.807) is 0 Å². The van der Waals surface area contributed by atoms with E-state index in [0.717, 1.165) is 32.5 Å². The minimum absolute atomic E-state index is 0.112. The average molecular weight is 277 g/mol. The van der Waals surface area contributed by atoms with E-state index in [1.807, 2.05) is 6.07 Å². The third-order valence-corrected chi connectivity index (χ3v) is 3.66. The maximum Gasteiger partial charge on any atom is 0.306 e. The summed E-state index contributed by atoms with van der Waals surface area (Å²) in [4.78, 5) is 13.0. The molecule has 1 aromatic carbocycles. The monoisotopic (exact) mass is 277 g/mol. The fourth-order valence-electron chi connectivity index (χ4n) is 2.61. The van der Waals surface area contributed by atoms with Crippen molar-refractivity contribution in [1.29, 1.82) is 0 Å². The van der Waals surface area contributed by atoms with Crippen LogP contribution in [0.3, 0.4) is 0 Å². The second-order valence-electron chi connectivity index (χ2n) is 5.33. The summed E-state index contributed by atoms with van der Waals surface area (Å²) in [7, 11) is 0. The number of hydrogen-bond acceptors (Lipinski definition) is 3. The van der Waals surface area contributed by atoms with Gasteiger partial charge in [0.15, 0.2) is 0 Å². The van der Waals surface area contributed by atoms with E-state index in [0.29, 0.717) is 6.61 Å². The number of carbonyl (C=O) groups is 1. The predicted octanol–water partition coefficient (Wildman–Crippen LogP) is 2.18. The Labute approximate surface area is 120 Å². The van der Waals surface area contributed by atoms with Crippen LogP contribution in [0.1, 0.15) is 24.8 Å². The average Bonchev–Trinajstić information content (AvgIpc) is 2.44. The zero-order chi connectivity index (χ0) is 14.2. The third-order valence-electron chi connectivity index (χ3n) is 3.66. The minimum Gasteiger partial charge on any atom is -0.481 e. The number of nitrogens with zero attached hydrogens (tertiary/aromatic N) is 1. The first-order valence-corrected chi connectivity index (χ1v) is 7.34. The molecule has 0 spiro atoms. The van der Waals surface area contributed by atoms with Crippen LogP contribution >= 0.6 is 0 Å². The fourth-order valence-corrected chi connectivity index (χ4v) is 2.61. The molecular weight excluding hydrogens is 254 g/mol. The summed E-state index contributed by atoms with van der Waals surface area (Å²) in [6, 6.07) is 10.5. The van der Waals surface area contributed by atoms with Crippen molar-refractivity contribution >= 4 is 5.97 Å². The first kappa shape index (κ1) is 15.0. The van der Waals surface area contributed by atoms with Gasteiger partial charge in [-0.2, -0.15) is 0 Å². The Morgan fingerprint density at radius 3 is 2.85 bits per heavy atom. The summed E-state index contributed by atoms with van der Waals surface area (Å²) < 4.78 is 5.47. The zero-order valence-corrected chi connectivity index (χ0v) is 11.8. The number of hydrogen-bond donors (Lipinski definition) is 1. The third kappa shape index (κ3) is 5.31. The molecule has 0 radical (unpaired) electrons. The number of morpholine rings is 1. The highest BCUT2D eigenvalue weighted by Crippen LogP contribution is 2.11. The van der Waals surface area contributed by atoms with Crippen molar-refractivity contribution < 1.29 is 14.6 Å². The van der Waals surface area contributed by atoms with Gasteiger partial charge >= 0.3 is 5.97 Å². The summed E-state index contributed by atoms with van der Waals surface area (Å²) in [5, 5.41) is 8.79. The number of aryl methyl sites for hydroxylation is 1. The first-order valence-electron chi connectivity index (χ1n) is 7.34. The molecule has 1 aliphatic rings. The van der Waals surface area contributed by atoms with Gasteiger partial charge in [-0.25, -0.2) is 0 Å². The molecule has 1 saturated heterocycles. The van der Waals surface area contributed by atoms with Crippen molar-refractivity contribution in [3.05, 3.63) is 35.9 Å². The molecule has 1 fully saturated rings. The summed E-state index contributed by atoms with van der Waals surface area (Å²) in [5.74, 6) is -0.777. The molecule has 2 rings (SSSR count).